The van der Waals surface area contributed by atoms with Crippen LogP contribution in [0.3, 0.4) is 0 Å². The summed E-state index contributed by atoms with van der Waals surface area (Å²) in [6.45, 7) is 1.36. The standard InChI is InChI=1S/C16H11ClO3/c1-10(18)13-4-2-3-5-14(13)16(20)15(19)11-6-8-12(17)9-7-11/h2-9H,1H3. The molecule has 2 aromatic carbocycles. The molecule has 0 saturated heterocycles. The van der Waals surface area contributed by atoms with Gasteiger partial charge in [0.1, 0.15) is 0 Å². The van der Waals surface area contributed by atoms with E-state index >= 15 is 0 Å². The summed E-state index contributed by atoms with van der Waals surface area (Å²) >= 11 is 5.74. The van der Waals surface area contributed by atoms with Crippen molar-refractivity contribution in [1.82, 2.24) is 0 Å². The summed E-state index contributed by atoms with van der Waals surface area (Å²) in [5, 5.41) is 0.484. The number of carbonyl (C=O) groups is 3. The van der Waals surface area contributed by atoms with Gasteiger partial charge < -0.3 is 0 Å². The Kier molecular flexibility index (Phi) is 4.11. The van der Waals surface area contributed by atoms with Crippen LogP contribution in [-0.4, -0.2) is 17.3 Å². The van der Waals surface area contributed by atoms with E-state index in [1.54, 1.807) is 24.3 Å². The average molecular weight is 287 g/mol. The summed E-state index contributed by atoms with van der Waals surface area (Å²) in [4.78, 5) is 35.8. The Morgan fingerprint density at radius 3 is 1.90 bits per heavy atom. The van der Waals surface area contributed by atoms with Gasteiger partial charge >= 0.3 is 0 Å². The van der Waals surface area contributed by atoms with Crippen molar-refractivity contribution in [3.8, 4) is 0 Å². The maximum absolute atomic E-state index is 12.2. The number of Topliss-reactive ketones (excluding diaryl/α,β-unsaturated/α-hetero) is 3. The molecule has 0 bridgehead atoms. The Morgan fingerprint density at radius 2 is 1.35 bits per heavy atom. The van der Waals surface area contributed by atoms with E-state index in [0.717, 1.165) is 0 Å². The first-order valence-corrected chi connectivity index (χ1v) is 6.33. The van der Waals surface area contributed by atoms with Gasteiger partial charge in [0.25, 0.3) is 0 Å². The third-order valence-corrected chi connectivity index (χ3v) is 3.12. The topological polar surface area (TPSA) is 51.2 Å². The lowest BCUT2D eigenvalue weighted by Crippen LogP contribution is -2.17. The number of benzene rings is 2. The van der Waals surface area contributed by atoms with Crippen molar-refractivity contribution in [2.24, 2.45) is 0 Å². The summed E-state index contributed by atoms with van der Waals surface area (Å²) in [6.07, 6.45) is 0. The van der Waals surface area contributed by atoms with Gasteiger partial charge in [0, 0.05) is 21.7 Å². The van der Waals surface area contributed by atoms with Gasteiger partial charge in [0.05, 0.1) is 0 Å². The van der Waals surface area contributed by atoms with E-state index in [9.17, 15) is 14.4 Å². The molecule has 0 aliphatic carbocycles. The van der Waals surface area contributed by atoms with Crippen LogP contribution in [0.2, 0.25) is 5.02 Å². The van der Waals surface area contributed by atoms with Gasteiger partial charge in [0.2, 0.25) is 11.6 Å². The van der Waals surface area contributed by atoms with Crippen LogP contribution < -0.4 is 0 Å². The van der Waals surface area contributed by atoms with Crippen LogP contribution in [0, 0.1) is 0 Å². The van der Waals surface area contributed by atoms with Crippen LogP contribution in [0.25, 0.3) is 0 Å². The molecule has 0 N–H and O–H groups in total. The van der Waals surface area contributed by atoms with Gasteiger partial charge in [-0.3, -0.25) is 14.4 Å². The van der Waals surface area contributed by atoms with Crippen LogP contribution in [0.15, 0.2) is 48.5 Å². The minimum Gasteiger partial charge on any atom is -0.294 e. The predicted molar refractivity (Wildman–Crippen MR) is 76.6 cm³/mol. The van der Waals surface area contributed by atoms with Crippen molar-refractivity contribution >= 4 is 29.0 Å². The maximum Gasteiger partial charge on any atom is 0.234 e. The van der Waals surface area contributed by atoms with Crippen molar-refractivity contribution in [2.45, 2.75) is 6.92 Å². The lowest BCUT2D eigenvalue weighted by molar-refractivity contribution is 0.0815. The van der Waals surface area contributed by atoms with Crippen molar-refractivity contribution in [2.75, 3.05) is 0 Å². The molecular formula is C16H11ClO3. The zero-order chi connectivity index (χ0) is 14.7. The molecular weight excluding hydrogens is 276 g/mol. The fraction of sp³-hybridized carbons (Fsp3) is 0.0625. The van der Waals surface area contributed by atoms with Crippen LogP contribution in [0.5, 0.6) is 0 Å². The van der Waals surface area contributed by atoms with Crippen molar-refractivity contribution in [3.63, 3.8) is 0 Å². The molecule has 0 unspecified atom stereocenters. The highest BCUT2D eigenvalue weighted by molar-refractivity contribution is 6.50. The van der Waals surface area contributed by atoms with Crippen molar-refractivity contribution in [1.29, 1.82) is 0 Å². The number of rotatable bonds is 4. The van der Waals surface area contributed by atoms with Gasteiger partial charge in [-0.15, -0.1) is 0 Å². The lowest BCUT2D eigenvalue weighted by Gasteiger charge is -2.05. The molecule has 0 aromatic heterocycles. The van der Waals surface area contributed by atoms with Crippen LogP contribution in [0.1, 0.15) is 38.0 Å². The molecule has 0 heterocycles. The number of halogens is 1. The van der Waals surface area contributed by atoms with E-state index in [4.69, 9.17) is 11.6 Å². The normalized spacial score (nSPS) is 10.1. The van der Waals surface area contributed by atoms with E-state index in [2.05, 4.69) is 0 Å². The summed E-state index contributed by atoms with van der Waals surface area (Å²) in [7, 11) is 0. The number of hydrogen-bond donors (Lipinski definition) is 0. The molecule has 0 saturated carbocycles. The quantitative estimate of drug-likeness (QED) is 0.637. The largest absolute Gasteiger partial charge is 0.294 e. The van der Waals surface area contributed by atoms with Gasteiger partial charge in [-0.05, 0) is 31.2 Å². The summed E-state index contributed by atoms with van der Waals surface area (Å²) < 4.78 is 0. The number of hydrogen-bond acceptors (Lipinski definition) is 3. The van der Waals surface area contributed by atoms with Crippen LogP contribution in [0.4, 0.5) is 0 Å². The van der Waals surface area contributed by atoms with Crippen molar-refractivity contribution in [3.05, 3.63) is 70.2 Å². The third kappa shape index (κ3) is 2.83. The fourth-order valence-electron chi connectivity index (χ4n) is 1.84. The summed E-state index contributed by atoms with van der Waals surface area (Å²) in [5.74, 6) is -1.61. The Bertz CT molecular complexity index is 687. The van der Waals surface area contributed by atoms with E-state index < -0.39 is 11.6 Å². The second-order valence-corrected chi connectivity index (χ2v) is 4.70. The Hall–Kier alpha value is -2.26. The molecule has 2 aromatic rings. The van der Waals surface area contributed by atoms with Crippen LogP contribution in [-0.2, 0) is 0 Å². The first-order valence-electron chi connectivity index (χ1n) is 5.95. The smallest absolute Gasteiger partial charge is 0.234 e. The first kappa shape index (κ1) is 14.2. The van der Waals surface area contributed by atoms with Gasteiger partial charge in [-0.2, -0.15) is 0 Å². The molecule has 2 rings (SSSR count). The Morgan fingerprint density at radius 1 is 0.800 bits per heavy atom. The first-order chi connectivity index (χ1) is 9.50. The molecule has 0 aliphatic rings. The molecule has 3 nitrogen and oxygen atoms in total. The SMILES string of the molecule is CC(=O)c1ccccc1C(=O)C(=O)c1ccc(Cl)cc1. The molecule has 0 aliphatic heterocycles. The Labute approximate surface area is 121 Å². The van der Waals surface area contributed by atoms with Gasteiger partial charge in [-0.25, -0.2) is 0 Å². The molecule has 0 atom stereocenters. The zero-order valence-corrected chi connectivity index (χ0v) is 11.5. The predicted octanol–water partition coefficient (Wildman–Crippen LogP) is 3.61. The van der Waals surface area contributed by atoms with E-state index in [0.29, 0.717) is 5.02 Å². The summed E-state index contributed by atoms with van der Waals surface area (Å²) in [6, 6.07) is 12.3. The molecule has 20 heavy (non-hydrogen) atoms. The van der Waals surface area contributed by atoms with Crippen molar-refractivity contribution < 1.29 is 14.4 Å². The monoisotopic (exact) mass is 286 g/mol. The minimum atomic E-state index is -0.696. The molecule has 0 amide bonds. The second kappa shape index (κ2) is 5.80. The summed E-state index contributed by atoms with van der Waals surface area (Å²) in [5.41, 5.74) is 0.623. The number of carbonyl (C=O) groups excluding carboxylic acids is 3. The van der Waals surface area contributed by atoms with Gasteiger partial charge in [-0.1, -0.05) is 35.9 Å². The third-order valence-electron chi connectivity index (χ3n) is 2.86. The molecule has 100 valence electrons. The molecule has 4 heteroatoms. The van der Waals surface area contributed by atoms with E-state index in [1.165, 1.54) is 31.2 Å². The molecule has 0 fully saturated rings. The Balaban J connectivity index is 2.39. The van der Waals surface area contributed by atoms with Gasteiger partial charge in [0.15, 0.2) is 5.78 Å². The lowest BCUT2D eigenvalue weighted by atomic mass is 9.96. The fourth-order valence-corrected chi connectivity index (χ4v) is 1.97. The highest BCUT2D eigenvalue weighted by Gasteiger charge is 2.22. The van der Waals surface area contributed by atoms with E-state index in [1.807, 2.05) is 0 Å². The van der Waals surface area contributed by atoms with Crippen LogP contribution >= 0.6 is 11.6 Å². The average Bonchev–Trinajstić information content (AvgIpc) is 2.46. The highest BCUT2D eigenvalue weighted by atomic mass is 35.5. The number of ketones is 3. The maximum atomic E-state index is 12.2. The zero-order valence-electron chi connectivity index (χ0n) is 10.7. The minimum absolute atomic E-state index is 0.125. The second-order valence-electron chi connectivity index (χ2n) is 4.27. The highest BCUT2D eigenvalue weighted by Crippen LogP contribution is 2.15. The molecule has 0 spiro atoms. The molecule has 0 radical (unpaired) electrons. The van der Waals surface area contributed by atoms with E-state index in [-0.39, 0.29) is 22.5 Å².